The maximum absolute atomic E-state index is 11.8. The number of hydrogen-bond donors (Lipinski definition) is 1. The molecule has 0 aliphatic carbocycles. The molecule has 0 atom stereocenters. The summed E-state index contributed by atoms with van der Waals surface area (Å²) < 4.78 is 1.39. The zero-order valence-corrected chi connectivity index (χ0v) is 11.7. The molecule has 1 N–H and O–H groups in total. The lowest BCUT2D eigenvalue weighted by Crippen LogP contribution is -2.24. The van der Waals surface area contributed by atoms with E-state index in [1.165, 1.54) is 22.2 Å². The molecule has 0 saturated heterocycles. The van der Waals surface area contributed by atoms with E-state index < -0.39 is 0 Å². The predicted octanol–water partition coefficient (Wildman–Crippen LogP) is 1.03. The quantitative estimate of drug-likeness (QED) is 0.910. The van der Waals surface area contributed by atoms with Gasteiger partial charge in [-0.15, -0.1) is 11.3 Å². The minimum absolute atomic E-state index is 0.0700. The monoisotopic (exact) mass is 278 g/mol. The van der Waals surface area contributed by atoms with Crippen LogP contribution in [0.1, 0.15) is 16.1 Å². The Hall–Kier alpha value is -2.02. The van der Waals surface area contributed by atoms with Crippen molar-refractivity contribution in [3.05, 3.63) is 39.0 Å². The lowest BCUT2D eigenvalue weighted by molar-refractivity contribution is -0.115. The Morgan fingerprint density at radius 1 is 1.42 bits per heavy atom. The number of aromatic nitrogens is 3. The van der Waals surface area contributed by atoms with Crippen molar-refractivity contribution >= 4 is 22.4 Å². The highest BCUT2D eigenvalue weighted by atomic mass is 32.1. The van der Waals surface area contributed by atoms with Gasteiger partial charge in [-0.1, -0.05) is 0 Å². The van der Waals surface area contributed by atoms with Gasteiger partial charge in [0, 0.05) is 23.7 Å². The van der Waals surface area contributed by atoms with E-state index in [1.807, 2.05) is 6.92 Å². The second kappa shape index (κ2) is 5.31. The van der Waals surface area contributed by atoms with Crippen LogP contribution in [0.2, 0.25) is 0 Å². The van der Waals surface area contributed by atoms with Crippen LogP contribution in [0.5, 0.6) is 0 Å². The highest BCUT2D eigenvalue weighted by molar-refractivity contribution is 7.15. The Bertz CT molecular complexity index is 675. The maximum Gasteiger partial charge on any atom is 0.256 e. The summed E-state index contributed by atoms with van der Waals surface area (Å²) in [7, 11) is 1.63. The Morgan fingerprint density at radius 3 is 2.79 bits per heavy atom. The van der Waals surface area contributed by atoms with Gasteiger partial charge in [0.1, 0.15) is 0 Å². The van der Waals surface area contributed by atoms with Crippen LogP contribution in [0.15, 0.2) is 17.3 Å². The Labute approximate surface area is 114 Å². The third-order valence-electron chi connectivity index (χ3n) is 2.66. The van der Waals surface area contributed by atoms with Gasteiger partial charge >= 0.3 is 0 Å². The van der Waals surface area contributed by atoms with Crippen molar-refractivity contribution in [1.29, 1.82) is 0 Å². The number of aryl methyl sites for hydroxylation is 2. The fourth-order valence-electron chi connectivity index (χ4n) is 1.60. The third kappa shape index (κ3) is 3.05. The van der Waals surface area contributed by atoms with Gasteiger partial charge in [-0.3, -0.25) is 9.59 Å². The fraction of sp³-hybridized carbons (Fsp3) is 0.333. The minimum atomic E-state index is -0.224. The van der Waals surface area contributed by atoms with Gasteiger partial charge in [-0.25, -0.2) is 9.97 Å². The number of hydrogen-bond acceptors (Lipinski definition) is 5. The number of rotatable bonds is 3. The highest BCUT2D eigenvalue weighted by Crippen LogP contribution is 2.16. The summed E-state index contributed by atoms with van der Waals surface area (Å²) in [6, 6.07) is 0. The standard InChI is InChI=1S/C12H14N4O2S/c1-7-5-13-12(19-7)15-10(17)4-9-8(2)11(18)16(3)6-14-9/h5-6H,4H2,1-3H3,(H,13,15,17). The molecule has 0 fully saturated rings. The second-order valence-electron chi connectivity index (χ2n) is 4.23. The molecule has 0 aliphatic heterocycles. The SMILES string of the molecule is Cc1cnc(NC(=O)Cc2ncn(C)c(=O)c2C)s1. The topological polar surface area (TPSA) is 76.9 Å². The molecule has 0 aromatic carbocycles. The molecule has 0 unspecified atom stereocenters. The van der Waals surface area contributed by atoms with E-state index in [-0.39, 0.29) is 17.9 Å². The largest absolute Gasteiger partial charge is 0.302 e. The molecule has 100 valence electrons. The molecule has 19 heavy (non-hydrogen) atoms. The van der Waals surface area contributed by atoms with Gasteiger partial charge in [-0.2, -0.15) is 0 Å². The van der Waals surface area contributed by atoms with Crippen molar-refractivity contribution in [1.82, 2.24) is 14.5 Å². The number of nitrogens with one attached hydrogen (secondary N) is 1. The van der Waals surface area contributed by atoms with E-state index in [4.69, 9.17) is 0 Å². The van der Waals surface area contributed by atoms with Crippen LogP contribution in [0.4, 0.5) is 5.13 Å². The number of amides is 1. The molecule has 0 aliphatic rings. The summed E-state index contributed by atoms with van der Waals surface area (Å²) in [6.07, 6.45) is 3.19. The van der Waals surface area contributed by atoms with Crippen molar-refractivity contribution in [3.63, 3.8) is 0 Å². The van der Waals surface area contributed by atoms with Crippen molar-refractivity contribution in [2.75, 3.05) is 5.32 Å². The van der Waals surface area contributed by atoms with Gasteiger partial charge in [-0.05, 0) is 13.8 Å². The van der Waals surface area contributed by atoms with Crippen LogP contribution < -0.4 is 10.9 Å². The van der Waals surface area contributed by atoms with E-state index in [0.29, 0.717) is 16.4 Å². The lowest BCUT2D eigenvalue weighted by Gasteiger charge is -2.05. The normalized spacial score (nSPS) is 10.5. The molecule has 2 heterocycles. The van der Waals surface area contributed by atoms with Crippen LogP contribution >= 0.6 is 11.3 Å². The van der Waals surface area contributed by atoms with Gasteiger partial charge < -0.3 is 9.88 Å². The first-order valence-corrected chi connectivity index (χ1v) is 6.52. The summed E-state index contributed by atoms with van der Waals surface area (Å²) >= 11 is 1.41. The lowest BCUT2D eigenvalue weighted by atomic mass is 10.2. The summed E-state index contributed by atoms with van der Waals surface area (Å²) in [4.78, 5) is 32.7. The summed E-state index contributed by atoms with van der Waals surface area (Å²) in [5, 5.41) is 3.25. The fourth-order valence-corrected chi connectivity index (χ4v) is 2.28. The van der Waals surface area contributed by atoms with Gasteiger partial charge in [0.05, 0.1) is 18.4 Å². The summed E-state index contributed by atoms with van der Waals surface area (Å²) in [5.74, 6) is -0.224. The molecule has 1 amide bonds. The average Bonchev–Trinajstić information content (AvgIpc) is 2.75. The van der Waals surface area contributed by atoms with Gasteiger partial charge in [0.2, 0.25) is 5.91 Å². The third-order valence-corrected chi connectivity index (χ3v) is 3.48. The maximum atomic E-state index is 11.8. The van der Waals surface area contributed by atoms with Gasteiger partial charge in [0.15, 0.2) is 5.13 Å². The molecule has 0 radical (unpaired) electrons. The molecule has 2 aromatic rings. The molecular formula is C12H14N4O2S. The molecule has 2 aromatic heterocycles. The van der Waals surface area contributed by atoms with Crippen molar-refractivity contribution in [2.45, 2.75) is 20.3 Å². The van der Waals surface area contributed by atoms with E-state index in [1.54, 1.807) is 20.2 Å². The number of carbonyl (C=O) groups excluding carboxylic acids is 1. The van der Waals surface area contributed by atoms with Gasteiger partial charge in [0.25, 0.3) is 5.56 Å². The molecule has 7 heteroatoms. The Morgan fingerprint density at radius 2 is 2.16 bits per heavy atom. The summed E-state index contributed by atoms with van der Waals surface area (Å²) in [5.41, 5.74) is 0.854. The first kappa shape index (κ1) is 13.4. The zero-order valence-electron chi connectivity index (χ0n) is 10.9. The Kier molecular flexibility index (Phi) is 3.75. The zero-order chi connectivity index (χ0) is 14.0. The molecule has 0 saturated carbocycles. The summed E-state index contributed by atoms with van der Waals surface area (Å²) in [6.45, 7) is 3.59. The van der Waals surface area contributed by atoms with E-state index in [2.05, 4.69) is 15.3 Å². The van der Waals surface area contributed by atoms with Crippen LogP contribution in [-0.2, 0) is 18.3 Å². The van der Waals surface area contributed by atoms with E-state index in [0.717, 1.165) is 4.88 Å². The first-order chi connectivity index (χ1) is 8.97. The van der Waals surface area contributed by atoms with Crippen LogP contribution in [0.25, 0.3) is 0 Å². The number of anilines is 1. The smallest absolute Gasteiger partial charge is 0.256 e. The minimum Gasteiger partial charge on any atom is -0.302 e. The average molecular weight is 278 g/mol. The number of thiazole rings is 1. The van der Waals surface area contributed by atoms with E-state index >= 15 is 0 Å². The molecular weight excluding hydrogens is 264 g/mol. The Balaban J connectivity index is 2.11. The molecule has 2 rings (SSSR count). The van der Waals surface area contributed by atoms with Crippen molar-refractivity contribution in [3.8, 4) is 0 Å². The van der Waals surface area contributed by atoms with E-state index in [9.17, 15) is 9.59 Å². The van der Waals surface area contributed by atoms with Crippen molar-refractivity contribution in [2.24, 2.45) is 7.05 Å². The number of carbonyl (C=O) groups is 1. The molecule has 0 spiro atoms. The molecule has 0 bridgehead atoms. The van der Waals surface area contributed by atoms with Crippen molar-refractivity contribution < 1.29 is 4.79 Å². The predicted molar refractivity (Wildman–Crippen MR) is 73.4 cm³/mol. The van der Waals surface area contributed by atoms with Crippen LogP contribution in [0, 0.1) is 13.8 Å². The molecule has 6 nitrogen and oxygen atoms in total. The number of nitrogens with zero attached hydrogens (tertiary/aromatic N) is 3. The van der Waals surface area contributed by atoms with Crippen LogP contribution in [0.3, 0.4) is 0 Å². The van der Waals surface area contributed by atoms with Crippen LogP contribution in [-0.4, -0.2) is 20.4 Å². The first-order valence-electron chi connectivity index (χ1n) is 5.70. The second-order valence-corrected chi connectivity index (χ2v) is 5.47. The highest BCUT2D eigenvalue weighted by Gasteiger charge is 2.11.